The van der Waals surface area contributed by atoms with Gasteiger partial charge in [-0.15, -0.1) is 11.3 Å². The largest absolute Gasteiger partial charge is 0.394 e. The van der Waals surface area contributed by atoms with Gasteiger partial charge in [-0.05, 0) is 0 Å². The number of aromatic nitrogens is 2. The average Bonchev–Trinajstić information content (AvgIpc) is 2.59. The summed E-state index contributed by atoms with van der Waals surface area (Å²) in [5.41, 5.74) is 7.26. The number of anilines is 1. The van der Waals surface area contributed by atoms with Crippen LogP contribution in [0.5, 0.6) is 0 Å². The van der Waals surface area contributed by atoms with Crippen molar-refractivity contribution in [3.05, 3.63) is 44.2 Å². The van der Waals surface area contributed by atoms with Crippen LogP contribution in [0.3, 0.4) is 0 Å². The normalized spacial score (nSPS) is 10.5. The molecule has 0 bridgehead atoms. The molecule has 0 atom stereocenters. The summed E-state index contributed by atoms with van der Waals surface area (Å²) in [4.78, 5) is 15.9. The molecule has 15 heavy (non-hydrogen) atoms. The van der Waals surface area contributed by atoms with E-state index in [2.05, 4.69) is 4.98 Å². The fraction of sp³-hybridized carbons (Fsp3) is 0.111. The first kappa shape index (κ1) is 10.2. The van der Waals surface area contributed by atoms with Gasteiger partial charge in [0, 0.05) is 18.5 Å². The number of pyridine rings is 1. The Balaban J connectivity index is 2.29. The molecule has 0 amide bonds. The Kier molecular flexibility index (Phi) is 2.75. The fourth-order valence-electron chi connectivity index (χ4n) is 1.17. The maximum absolute atomic E-state index is 11.1. The molecule has 0 spiro atoms. The predicted octanol–water partition coefficient (Wildman–Crippen LogP) is 1.59. The van der Waals surface area contributed by atoms with Crippen molar-refractivity contribution in [2.24, 2.45) is 0 Å². The number of thiazole rings is 1. The molecule has 0 saturated carbocycles. The Hall–Kier alpha value is -1.33. The lowest BCUT2D eigenvalue weighted by Gasteiger charge is -2.04. The molecule has 2 heterocycles. The van der Waals surface area contributed by atoms with Crippen LogP contribution in [0, 0.1) is 0 Å². The van der Waals surface area contributed by atoms with Gasteiger partial charge in [0.05, 0.1) is 22.6 Å². The van der Waals surface area contributed by atoms with E-state index < -0.39 is 0 Å². The minimum absolute atomic E-state index is 0.165. The first-order chi connectivity index (χ1) is 7.16. The van der Waals surface area contributed by atoms with Crippen LogP contribution in [0.1, 0.15) is 4.88 Å². The van der Waals surface area contributed by atoms with Crippen molar-refractivity contribution in [1.82, 2.24) is 9.55 Å². The molecule has 0 saturated heterocycles. The van der Waals surface area contributed by atoms with Crippen molar-refractivity contribution in [2.45, 2.75) is 6.54 Å². The highest BCUT2D eigenvalue weighted by atomic mass is 35.5. The van der Waals surface area contributed by atoms with Crippen LogP contribution in [0.25, 0.3) is 0 Å². The zero-order chi connectivity index (χ0) is 10.8. The van der Waals surface area contributed by atoms with Crippen LogP contribution >= 0.6 is 22.9 Å². The first-order valence-electron chi connectivity index (χ1n) is 4.20. The van der Waals surface area contributed by atoms with Crippen molar-refractivity contribution in [1.29, 1.82) is 0 Å². The standard InChI is InChI=1S/C9H8ClN3OS/c10-9-8(15-5-12-9)4-13-2-1-7(14)6(11)3-13/h1-3,5H,4,11H2. The molecule has 2 rings (SSSR count). The molecule has 0 radical (unpaired) electrons. The summed E-state index contributed by atoms with van der Waals surface area (Å²) in [6.45, 7) is 0.577. The number of rotatable bonds is 2. The highest BCUT2D eigenvalue weighted by molar-refractivity contribution is 7.10. The van der Waals surface area contributed by atoms with Gasteiger partial charge in [-0.2, -0.15) is 0 Å². The zero-order valence-electron chi connectivity index (χ0n) is 7.68. The molecule has 0 aromatic carbocycles. The van der Waals surface area contributed by atoms with E-state index in [1.54, 1.807) is 22.5 Å². The predicted molar refractivity (Wildman–Crippen MR) is 61.3 cm³/mol. The smallest absolute Gasteiger partial charge is 0.204 e. The molecule has 78 valence electrons. The summed E-state index contributed by atoms with van der Waals surface area (Å²) >= 11 is 7.33. The van der Waals surface area contributed by atoms with E-state index in [1.807, 2.05) is 0 Å². The summed E-state index contributed by atoms with van der Waals surface area (Å²) in [5, 5.41) is 0.497. The van der Waals surface area contributed by atoms with Crippen LogP contribution in [0.4, 0.5) is 5.69 Å². The van der Waals surface area contributed by atoms with E-state index in [-0.39, 0.29) is 11.1 Å². The third-order valence-electron chi connectivity index (χ3n) is 1.92. The van der Waals surface area contributed by atoms with E-state index in [0.29, 0.717) is 11.7 Å². The molecule has 0 unspecified atom stereocenters. The fourth-order valence-corrected chi connectivity index (χ4v) is 2.13. The lowest BCUT2D eigenvalue weighted by atomic mass is 10.4. The van der Waals surface area contributed by atoms with E-state index in [9.17, 15) is 4.79 Å². The van der Waals surface area contributed by atoms with E-state index in [1.165, 1.54) is 17.4 Å². The Bertz CT molecular complexity index is 534. The number of halogens is 1. The van der Waals surface area contributed by atoms with Gasteiger partial charge in [-0.25, -0.2) is 4.98 Å². The summed E-state index contributed by atoms with van der Waals surface area (Å²) in [6, 6.07) is 1.43. The highest BCUT2D eigenvalue weighted by Crippen LogP contribution is 2.19. The summed E-state index contributed by atoms with van der Waals surface area (Å²) in [6.07, 6.45) is 3.27. The second kappa shape index (κ2) is 4.04. The number of hydrogen-bond donors (Lipinski definition) is 1. The van der Waals surface area contributed by atoms with Crippen molar-refractivity contribution in [3.8, 4) is 0 Å². The third kappa shape index (κ3) is 2.19. The molecule has 0 aliphatic heterocycles. The monoisotopic (exact) mass is 241 g/mol. The third-order valence-corrected chi connectivity index (χ3v) is 3.18. The van der Waals surface area contributed by atoms with Gasteiger partial charge in [0.15, 0.2) is 0 Å². The Morgan fingerprint density at radius 2 is 2.40 bits per heavy atom. The molecule has 0 fully saturated rings. The van der Waals surface area contributed by atoms with Gasteiger partial charge in [0.2, 0.25) is 5.43 Å². The topological polar surface area (TPSA) is 60.9 Å². The van der Waals surface area contributed by atoms with Crippen molar-refractivity contribution >= 4 is 28.6 Å². The minimum atomic E-state index is -0.165. The van der Waals surface area contributed by atoms with Crippen molar-refractivity contribution < 1.29 is 0 Å². The molecule has 2 aromatic rings. The van der Waals surface area contributed by atoms with E-state index in [0.717, 1.165) is 4.88 Å². The molecular formula is C9H8ClN3OS. The van der Waals surface area contributed by atoms with Crippen LogP contribution < -0.4 is 11.2 Å². The molecule has 2 aromatic heterocycles. The molecule has 0 aliphatic carbocycles. The molecule has 0 aliphatic rings. The Morgan fingerprint density at radius 1 is 1.60 bits per heavy atom. The Morgan fingerprint density at radius 3 is 3.00 bits per heavy atom. The van der Waals surface area contributed by atoms with Gasteiger partial charge < -0.3 is 10.3 Å². The summed E-state index contributed by atoms with van der Waals surface area (Å²) < 4.78 is 1.80. The summed E-state index contributed by atoms with van der Waals surface area (Å²) in [7, 11) is 0. The second-order valence-electron chi connectivity index (χ2n) is 3.00. The van der Waals surface area contributed by atoms with Crippen LogP contribution in [-0.2, 0) is 6.54 Å². The Labute approximate surface area is 94.9 Å². The van der Waals surface area contributed by atoms with Gasteiger partial charge in [0.1, 0.15) is 5.15 Å². The molecular weight excluding hydrogens is 234 g/mol. The van der Waals surface area contributed by atoms with Crippen LogP contribution in [0.2, 0.25) is 5.15 Å². The van der Waals surface area contributed by atoms with Gasteiger partial charge >= 0.3 is 0 Å². The van der Waals surface area contributed by atoms with Gasteiger partial charge in [-0.3, -0.25) is 4.79 Å². The van der Waals surface area contributed by atoms with Crippen molar-refractivity contribution in [2.75, 3.05) is 5.73 Å². The van der Waals surface area contributed by atoms with E-state index in [4.69, 9.17) is 17.3 Å². The lowest BCUT2D eigenvalue weighted by molar-refractivity contribution is 0.801. The maximum atomic E-state index is 11.1. The molecule has 6 heteroatoms. The number of nitrogens with two attached hydrogens (primary N) is 1. The minimum Gasteiger partial charge on any atom is -0.394 e. The van der Waals surface area contributed by atoms with Gasteiger partial charge in [-0.1, -0.05) is 11.6 Å². The van der Waals surface area contributed by atoms with Crippen molar-refractivity contribution in [3.63, 3.8) is 0 Å². The number of nitrogen functional groups attached to an aromatic ring is 1. The quantitative estimate of drug-likeness (QED) is 0.869. The van der Waals surface area contributed by atoms with Gasteiger partial charge in [0.25, 0.3) is 0 Å². The van der Waals surface area contributed by atoms with Crippen LogP contribution in [-0.4, -0.2) is 9.55 Å². The average molecular weight is 242 g/mol. The molecule has 4 nitrogen and oxygen atoms in total. The molecule has 2 N–H and O–H groups in total. The second-order valence-corrected chi connectivity index (χ2v) is 4.30. The van der Waals surface area contributed by atoms with Crippen LogP contribution in [0.15, 0.2) is 28.8 Å². The summed E-state index contributed by atoms with van der Waals surface area (Å²) in [5.74, 6) is 0. The number of hydrogen-bond acceptors (Lipinski definition) is 4. The SMILES string of the molecule is Nc1cn(Cc2scnc2Cl)ccc1=O. The maximum Gasteiger partial charge on any atom is 0.204 e. The zero-order valence-corrected chi connectivity index (χ0v) is 9.26. The highest BCUT2D eigenvalue weighted by Gasteiger charge is 2.03. The first-order valence-corrected chi connectivity index (χ1v) is 5.46. The number of nitrogens with zero attached hydrogens (tertiary/aromatic N) is 2. The lowest BCUT2D eigenvalue weighted by Crippen LogP contribution is -2.11. The van der Waals surface area contributed by atoms with E-state index >= 15 is 0 Å².